The smallest absolute Gasteiger partial charge is 0.0441 e. The van der Waals surface area contributed by atoms with Crippen LogP contribution in [0.5, 0.6) is 0 Å². The number of rotatable bonds is 3. The normalized spacial score (nSPS) is 25.8. The van der Waals surface area contributed by atoms with E-state index in [1.165, 1.54) is 43.5 Å². The monoisotopic (exact) mass is 347 g/mol. The lowest BCUT2D eigenvalue weighted by Crippen LogP contribution is -2.46. The van der Waals surface area contributed by atoms with Crippen LogP contribution in [0.25, 0.3) is 0 Å². The highest BCUT2D eigenvalue weighted by atomic mass is 15.3. The van der Waals surface area contributed by atoms with E-state index >= 15 is 0 Å². The molecule has 136 valence electrons. The highest BCUT2D eigenvalue weighted by molar-refractivity contribution is 5.55. The lowest BCUT2D eigenvalue weighted by atomic mass is 9.90. The molecule has 3 nitrogen and oxygen atoms in total. The summed E-state index contributed by atoms with van der Waals surface area (Å²) in [6, 6.07) is 18.1. The lowest BCUT2D eigenvalue weighted by molar-refractivity contribution is 0.250. The largest absolute Gasteiger partial charge is 0.369 e. The van der Waals surface area contributed by atoms with Gasteiger partial charge in [-0.25, -0.2) is 0 Å². The van der Waals surface area contributed by atoms with Crippen LogP contribution >= 0.6 is 0 Å². The second-order valence-electron chi connectivity index (χ2n) is 8.20. The molecule has 3 aliphatic rings. The maximum Gasteiger partial charge on any atom is 0.0441 e. The van der Waals surface area contributed by atoms with Gasteiger partial charge in [-0.1, -0.05) is 36.4 Å². The summed E-state index contributed by atoms with van der Waals surface area (Å²) in [6.07, 6.45) is 5.17. The number of nitrogens with zero attached hydrogens (tertiary/aromatic N) is 2. The lowest BCUT2D eigenvalue weighted by Gasteiger charge is -2.37. The van der Waals surface area contributed by atoms with E-state index in [0.717, 1.165) is 32.7 Å². The summed E-state index contributed by atoms with van der Waals surface area (Å²) in [5, 5.41) is 3.83. The summed E-state index contributed by atoms with van der Waals surface area (Å²) < 4.78 is 0. The van der Waals surface area contributed by atoms with Crippen LogP contribution in [0.1, 0.15) is 36.0 Å². The summed E-state index contributed by atoms with van der Waals surface area (Å²) in [4.78, 5) is 5.17. The van der Waals surface area contributed by atoms with Crippen molar-refractivity contribution in [2.75, 3.05) is 37.6 Å². The zero-order chi connectivity index (χ0) is 17.4. The number of anilines is 1. The van der Waals surface area contributed by atoms with Gasteiger partial charge in [0.15, 0.2) is 0 Å². The molecule has 2 aliphatic heterocycles. The van der Waals surface area contributed by atoms with Gasteiger partial charge in [-0.3, -0.25) is 4.90 Å². The van der Waals surface area contributed by atoms with Crippen LogP contribution in [0.4, 0.5) is 5.69 Å². The van der Waals surface area contributed by atoms with Crippen LogP contribution in [0.2, 0.25) is 0 Å². The first-order chi connectivity index (χ1) is 12.8. The van der Waals surface area contributed by atoms with Gasteiger partial charge in [0.2, 0.25) is 0 Å². The third-order valence-electron chi connectivity index (χ3n) is 6.66. The molecule has 0 aromatic heterocycles. The molecule has 1 spiro atoms. The Morgan fingerprint density at radius 1 is 0.923 bits per heavy atom. The second-order valence-corrected chi connectivity index (χ2v) is 8.20. The van der Waals surface area contributed by atoms with E-state index in [-0.39, 0.29) is 0 Å². The van der Waals surface area contributed by atoms with Gasteiger partial charge in [0.25, 0.3) is 0 Å². The minimum Gasteiger partial charge on any atom is -0.369 e. The van der Waals surface area contributed by atoms with E-state index in [2.05, 4.69) is 63.6 Å². The van der Waals surface area contributed by atoms with Gasteiger partial charge in [-0.15, -0.1) is 0 Å². The fourth-order valence-corrected chi connectivity index (χ4v) is 5.16. The van der Waals surface area contributed by atoms with Crippen molar-refractivity contribution < 1.29 is 0 Å². The maximum atomic E-state index is 3.83. The third kappa shape index (κ3) is 2.93. The van der Waals surface area contributed by atoms with Gasteiger partial charge in [-0.2, -0.15) is 0 Å². The Labute approximate surface area is 157 Å². The minimum absolute atomic E-state index is 0.292. The molecule has 26 heavy (non-hydrogen) atoms. The van der Waals surface area contributed by atoms with Crippen molar-refractivity contribution in [3.63, 3.8) is 0 Å². The highest BCUT2D eigenvalue weighted by Crippen LogP contribution is 2.44. The van der Waals surface area contributed by atoms with Gasteiger partial charge in [-0.05, 0) is 61.1 Å². The number of hydrogen-bond donors (Lipinski definition) is 1. The van der Waals surface area contributed by atoms with Gasteiger partial charge in [0, 0.05) is 44.0 Å². The fourth-order valence-electron chi connectivity index (χ4n) is 5.16. The average molecular weight is 348 g/mol. The molecular weight excluding hydrogens is 318 g/mol. The van der Waals surface area contributed by atoms with Crippen LogP contribution in [0, 0.1) is 0 Å². The van der Waals surface area contributed by atoms with E-state index in [1.807, 2.05) is 0 Å². The van der Waals surface area contributed by atoms with E-state index in [1.54, 1.807) is 11.1 Å². The Balaban J connectivity index is 1.27. The summed E-state index contributed by atoms with van der Waals surface area (Å²) >= 11 is 0. The molecule has 1 atom stereocenters. The average Bonchev–Trinajstić information content (AvgIpc) is 3.31. The first-order valence-corrected chi connectivity index (χ1v) is 10.2. The molecule has 2 aromatic carbocycles. The maximum absolute atomic E-state index is 3.83. The molecule has 1 N–H and O–H groups in total. The predicted octanol–water partition coefficient (Wildman–Crippen LogP) is 3.53. The number of aryl methyl sites for hydroxylation is 1. The van der Waals surface area contributed by atoms with E-state index in [0.29, 0.717) is 5.54 Å². The van der Waals surface area contributed by atoms with Crippen molar-refractivity contribution in [3.05, 3.63) is 65.2 Å². The van der Waals surface area contributed by atoms with Crippen molar-refractivity contribution in [2.24, 2.45) is 0 Å². The zero-order valence-corrected chi connectivity index (χ0v) is 15.6. The van der Waals surface area contributed by atoms with Crippen molar-refractivity contribution in [1.82, 2.24) is 10.2 Å². The van der Waals surface area contributed by atoms with Gasteiger partial charge < -0.3 is 10.2 Å². The summed E-state index contributed by atoms with van der Waals surface area (Å²) in [5.41, 5.74) is 6.32. The molecule has 1 aliphatic carbocycles. The molecule has 0 saturated carbocycles. The summed E-state index contributed by atoms with van der Waals surface area (Å²) in [7, 11) is 0. The topological polar surface area (TPSA) is 18.5 Å². The van der Waals surface area contributed by atoms with Crippen LogP contribution in [0.15, 0.2) is 48.5 Å². The Morgan fingerprint density at radius 3 is 2.54 bits per heavy atom. The van der Waals surface area contributed by atoms with Crippen molar-refractivity contribution in [3.8, 4) is 0 Å². The molecule has 0 unspecified atom stereocenters. The molecular formula is C23H29N3. The molecule has 2 aromatic rings. The number of fused-ring (bicyclic) bond motifs is 2. The first kappa shape index (κ1) is 16.3. The Morgan fingerprint density at radius 2 is 1.77 bits per heavy atom. The Bertz CT molecular complexity index is 756. The standard InChI is InChI=1S/C23H29N3/c1-2-5-19(6-3-1)18-25-13-15-26(16-14-25)21-8-7-20-9-11-23(22(20)17-21)10-4-12-24-23/h1-3,5-8,17,24H,4,9-16,18H2/t23-/m0/s1. The molecule has 3 heteroatoms. The fraction of sp³-hybridized carbons (Fsp3) is 0.478. The van der Waals surface area contributed by atoms with Crippen LogP contribution in [-0.4, -0.2) is 37.6 Å². The second kappa shape index (κ2) is 6.71. The van der Waals surface area contributed by atoms with Crippen molar-refractivity contribution in [1.29, 1.82) is 0 Å². The number of piperazine rings is 1. The molecule has 0 bridgehead atoms. The summed E-state index contributed by atoms with van der Waals surface area (Å²) in [5.74, 6) is 0. The molecule has 2 saturated heterocycles. The first-order valence-electron chi connectivity index (χ1n) is 10.2. The molecule has 0 amide bonds. The highest BCUT2D eigenvalue weighted by Gasteiger charge is 2.40. The quantitative estimate of drug-likeness (QED) is 0.916. The van der Waals surface area contributed by atoms with Gasteiger partial charge in [0.05, 0.1) is 0 Å². The van der Waals surface area contributed by atoms with E-state index < -0.39 is 0 Å². The molecule has 2 fully saturated rings. The summed E-state index contributed by atoms with van der Waals surface area (Å²) in [6.45, 7) is 6.82. The van der Waals surface area contributed by atoms with E-state index in [4.69, 9.17) is 0 Å². The SMILES string of the molecule is c1ccc(CN2CCN(c3ccc4c(c3)[C@]3(CCCN3)CC4)CC2)cc1. The van der Waals surface area contributed by atoms with Crippen molar-refractivity contribution >= 4 is 5.69 Å². The minimum atomic E-state index is 0.292. The number of hydrogen-bond acceptors (Lipinski definition) is 3. The van der Waals surface area contributed by atoms with Gasteiger partial charge in [0.1, 0.15) is 0 Å². The molecule has 5 rings (SSSR count). The molecule has 0 radical (unpaired) electrons. The van der Waals surface area contributed by atoms with Gasteiger partial charge >= 0.3 is 0 Å². The number of benzene rings is 2. The van der Waals surface area contributed by atoms with Crippen LogP contribution < -0.4 is 10.2 Å². The predicted molar refractivity (Wildman–Crippen MR) is 108 cm³/mol. The van der Waals surface area contributed by atoms with Crippen molar-refractivity contribution in [2.45, 2.75) is 37.8 Å². The Hall–Kier alpha value is -1.84. The molecule has 2 heterocycles. The van der Waals surface area contributed by atoms with Crippen LogP contribution in [0.3, 0.4) is 0 Å². The van der Waals surface area contributed by atoms with Crippen LogP contribution in [-0.2, 0) is 18.5 Å². The third-order valence-corrected chi connectivity index (χ3v) is 6.66. The zero-order valence-electron chi connectivity index (χ0n) is 15.6. The number of nitrogens with one attached hydrogen (secondary N) is 1. The Kier molecular flexibility index (Phi) is 4.22. The van der Waals surface area contributed by atoms with E-state index in [9.17, 15) is 0 Å².